The standard InChI is InChI=1S/C17H18N2O3S/c1-12-3-2-4-13(9-12)10-17(20)19-8-7-14-5-6-15(11-16(14)19)23(18,21)22/h2-6,9,11H,7-8,10H2,1H3,(H2,18,21,22). The molecule has 1 heterocycles. The molecule has 0 saturated carbocycles. The third kappa shape index (κ3) is 3.28. The number of nitrogens with zero attached hydrogens (tertiary/aromatic N) is 1. The molecule has 2 aromatic rings. The molecule has 2 aromatic carbocycles. The summed E-state index contributed by atoms with van der Waals surface area (Å²) in [5.41, 5.74) is 3.67. The molecule has 0 spiro atoms. The summed E-state index contributed by atoms with van der Waals surface area (Å²) in [4.78, 5) is 14.3. The van der Waals surface area contributed by atoms with E-state index in [0.717, 1.165) is 23.1 Å². The van der Waals surface area contributed by atoms with Crippen LogP contribution in [0.4, 0.5) is 5.69 Å². The number of nitrogens with two attached hydrogens (primary N) is 1. The first kappa shape index (κ1) is 15.7. The molecule has 0 unspecified atom stereocenters. The second-order valence-electron chi connectivity index (χ2n) is 5.80. The number of hydrogen-bond donors (Lipinski definition) is 1. The van der Waals surface area contributed by atoms with Crippen LogP contribution in [0.2, 0.25) is 0 Å². The first-order valence-corrected chi connectivity index (χ1v) is 8.91. The Labute approximate surface area is 135 Å². The highest BCUT2D eigenvalue weighted by atomic mass is 32.2. The van der Waals surface area contributed by atoms with Gasteiger partial charge in [0.1, 0.15) is 0 Å². The Balaban J connectivity index is 1.88. The third-order valence-electron chi connectivity index (χ3n) is 4.02. The summed E-state index contributed by atoms with van der Waals surface area (Å²) in [5.74, 6) is -0.0408. The fourth-order valence-corrected chi connectivity index (χ4v) is 3.42. The van der Waals surface area contributed by atoms with E-state index in [0.29, 0.717) is 18.7 Å². The van der Waals surface area contributed by atoms with Crippen LogP contribution in [0.3, 0.4) is 0 Å². The van der Waals surface area contributed by atoms with Crippen molar-refractivity contribution in [1.29, 1.82) is 0 Å². The highest BCUT2D eigenvalue weighted by Gasteiger charge is 2.26. The van der Waals surface area contributed by atoms with Crippen molar-refractivity contribution >= 4 is 21.6 Å². The van der Waals surface area contributed by atoms with Crippen LogP contribution in [0.25, 0.3) is 0 Å². The van der Waals surface area contributed by atoms with E-state index in [2.05, 4.69) is 0 Å². The van der Waals surface area contributed by atoms with Gasteiger partial charge < -0.3 is 4.90 Å². The highest BCUT2D eigenvalue weighted by molar-refractivity contribution is 7.89. The molecule has 2 N–H and O–H groups in total. The predicted octanol–water partition coefficient (Wildman–Crippen LogP) is 1.77. The average Bonchev–Trinajstić information content (AvgIpc) is 2.89. The largest absolute Gasteiger partial charge is 0.311 e. The number of fused-ring (bicyclic) bond motifs is 1. The van der Waals surface area contributed by atoms with E-state index >= 15 is 0 Å². The van der Waals surface area contributed by atoms with Crippen LogP contribution in [-0.4, -0.2) is 20.9 Å². The van der Waals surface area contributed by atoms with E-state index in [1.807, 2.05) is 31.2 Å². The molecule has 5 nitrogen and oxygen atoms in total. The van der Waals surface area contributed by atoms with E-state index in [1.165, 1.54) is 12.1 Å². The molecule has 0 aromatic heterocycles. The van der Waals surface area contributed by atoms with Gasteiger partial charge in [-0.3, -0.25) is 4.79 Å². The van der Waals surface area contributed by atoms with E-state index in [1.54, 1.807) is 11.0 Å². The van der Waals surface area contributed by atoms with Gasteiger partial charge in [0.25, 0.3) is 0 Å². The Morgan fingerprint density at radius 1 is 1.22 bits per heavy atom. The molecule has 0 radical (unpaired) electrons. The molecule has 6 heteroatoms. The molecule has 23 heavy (non-hydrogen) atoms. The zero-order chi connectivity index (χ0) is 16.6. The Morgan fingerprint density at radius 3 is 2.70 bits per heavy atom. The lowest BCUT2D eigenvalue weighted by atomic mass is 10.1. The molecule has 0 bridgehead atoms. The normalized spacial score (nSPS) is 13.9. The van der Waals surface area contributed by atoms with Crippen LogP contribution in [0, 0.1) is 6.92 Å². The Hall–Kier alpha value is -2.18. The van der Waals surface area contributed by atoms with Crippen molar-refractivity contribution in [2.75, 3.05) is 11.4 Å². The van der Waals surface area contributed by atoms with E-state index in [4.69, 9.17) is 5.14 Å². The number of primary sulfonamides is 1. The van der Waals surface area contributed by atoms with Gasteiger partial charge in [-0.15, -0.1) is 0 Å². The lowest BCUT2D eigenvalue weighted by Gasteiger charge is -2.18. The Kier molecular flexibility index (Phi) is 3.95. The van der Waals surface area contributed by atoms with Gasteiger partial charge in [0.05, 0.1) is 11.3 Å². The van der Waals surface area contributed by atoms with Gasteiger partial charge in [-0.05, 0) is 36.6 Å². The number of hydrogen-bond acceptors (Lipinski definition) is 3. The molecule has 0 aliphatic carbocycles. The summed E-state index contributed by atoms with van der Waals surface area (Å²) < 4.78 is 23.0. The third-order valence-corrected chi connectivity index (χ3v) is 4.93. The van der Waals surface area contributed by atoms with Crippen molar-refractivity contribution in [3.8, 4) is 0 Å². The minimum absolute atomic E-state index is 0.0338. The van der Waals surface area contributed by atoms with Gasteiger partial charge in [0, 0.05) is 12.2 Å². The summed E-state index contributed by atoms with van der Waals surface area (Å²) in [6.07, 6.45) is 1.01. The quantitative estimate of drug-likeness (QED) is 0.931. The number of carbonyl (C=O) groups is 1. The molecule has 1 aliphatic rings. The van der Waals surface area contributed by atoms with Gasteiger partial charge in [0.15, 0.2) is 0 Å². The zero-order valence-corrected chi connectivity index (χ0v) is 13.6. The summed E-state index contributed by atoms with van der Waals surface area (Å²) >= 11 is 0. The SMILES string of the molecule is Cc1cccc(CC(=O)N2CCc3ccc(S(N)(=O)=O)cc32)c1. The Morgan fingerprint density at radius 2 is 2.00 bits per heavy atom. The number of benzene rings is 2. The van der Waals surface area contributed by atoms with E-state index < -0.39 is 10.0 Å². The molecular weight excluding hydrogens is 312 g/mol. The van der Waals surface area contributed by atoms with Crippen molar-refractivity contribution in [2.45, 2.75) is 24.7 Å². The smallest absolute Gasteiger partial charge is 0.238 e. The molecule has 1 aliphatic heterocycles. The number of carbonyl (C=O) groups excluding carboxylic acids is 1. The predicted molar refractivity (Wildman–Crippen MR) is 88.8 cm³/mol. The van der Waals surface area contributed by atoms with E-state index in [-0.39, 0.29) is 10.8 Å². The minimum atomic E-state index is -3.78. The second-order valence-corrected chi connectivity index (χ2v) is 7.36. The van der Waals surface area contributed by atoms with Crippen molar-refractivity contribution in [3.63, 3.8) is 0 Å². The maximum absolute atomic E-state index is 12.6. The fourth-order valence-electron chi connectivity index (χ4n) is 2.89. The Bertz CT molecular complexity index is 875. The number of amides is 1. The lowest BCUT2D eigenvalue weighted by Crippen LogP contribution is -2.30. The van der Waals surface area contributed by atoms with Crippen molar-refractivity contribution in [1.82, 2.24) is 0 Å². The molecular formula is C17H18N2O3S. The topological polar surface area (TPSA) is 80.5 Å². The van der Waals surface area contributed by atoms with Crippen LogP contribution in [0.15, 0.2) is 47.4 Å². The molecule has 0 fully saturated rings. The van der Waals surface area contributed by atoms with Crippen LogP contribution in [0.1, 0.15) is 16.7 Å². The number of sulfonamides is 1. The van der Waals surface area contributed by atoms with Gasteiger partial charge in [-0.1, -0.05) is 35.9 Å². The molecule has 120 valence electrons. The zero-order valence-electron chi connectivity index (χ0n) is 12.8. The average molecular weight is 330 g/mol. The summed E-state index contributed by atoms with van der Waals surface area (Å²) in [6.45, 7) is 2.55. The van der Waals surface area contributed by atoms with Crippen LogP contribution in [-0.2, 0) is 27.7 Å². The first-order valence-electron chi connectivity index (χ1n) is 7.36. The maximum Gasteiger partial charge on any atom is 0.238 e. The minimum Gasteiger partial charge on any atom is -0.311 e. The van der Waals surface area contributed by atoms with Gasteiger partial charge in [-0.25, -0.2) is 13.6 Å². The highest BCUT2D eigenvalue weighted by Crippen LogP contribution is 2.30. The van der Waals surface area contributed by atoms with Crippen molar-refractivity contribution < 1.29 is 13.2 Å². The lowest BCUT2D eigenvalue weighted by molar-refractivity contribution is -0.117. The van der Waals surface area contributed by atoms with Crippen LogP contribution < -0.4 is 10.0 Å². The van der Waals surface area contributed by atoms with E-state index in [9.17, 15) is 13.2 Å². The molecule has 3 rings (SSSR count). The number of rotatable bonds is 3. The van der Waals surface area contributed by atoms with Gasteiger partial charge in [-0.2, -0.15) is 0 Å². The molecule has 1 amide bonds. The van der Waals surface area contributed by atoms with Crippen LogP contribution >= 0.6 is 0 Å². The van der Waals surface area contributed by atoms with Crippen LogP contribution in [0.5, 0.6) is 0 Å². The summed E-state index contributed by atoms with van der Waals surface area (Å²) in [5, 5.41) is 5.18. The number of anilines is 1. The van der Waals surface area contributed by atoms with Crippen molar-refractivity contribution in [3.05, 3.63) is 59.2 Å². The second kappa shape index (κ2) is 5.79. The maximum atomic E-state index is 12.6. The summed E-state index contributed by atoms with van der Waals surface area (Å²) in [7, 11) is -3.78. The van der Waals surface area contributed by atoms with Crippen molar-refractivity contribution in [2.24, 2.45) is 5.14 Å². The monoisotopic (exact) mass is 330 g/mol. The van der Waals surface area contributed by atoms with Gasteiger partial charge >= 0.3 is 0 Å². The number of aryl methyl sites for hydroxylation is 1. The summed E-state index contributed by atoms with van der Waals surface area (Å²) in [6, 6.07) is 12.5. The first-order chi connectivity index (χ1) is 10.8. The van der Waals surface area contributed by atoms with Gasteiger partial charge in [0.2, 0.25) is 15.9 Å². The molecule has 0 saturated heterocycles. The molecule has 0 atom stereocenters. The fraction of sp³-hybridized carbons (Fsp3) is 0.235.